The van der Waals surface area contributed by atoms with Crippen LogP contribution < -0.4 is 5.32 Å². The average molecular weight is 259 g/mol. The second kappa shape index (κ2) is 7.98. The molecule has 1 saturated carbocycles. The molecule has 2 rings (SSSR count). The molecule has 1 N–H and O–H groups in total. The molecule has 1 aliphatic rings. The topological polar surface area (TPSA) is 29.1 Å². The Bertz CT molecular complexity index is 368. The highest BCUT2D eigenvalue weighted by atomic mass is 16.1. The van der Waals surface area contributed by atoms with Crippen LogP contribution in [0.5, 0.6) is 0 Å². The third-order valence-electron chi connectivity index (χ3n) is 4.07. The molecular formula is C17H25NO. The van der Waals surface area contributed by atoms with Crippen LogP contribution in [0.2, 0.25) is 0 Å². The zero-order chi connectivity index (χ0) is 13.3. The van der Waals surface area contributed by atoms with Crippen molar-refractivity contribution < 1.29 is 4.79 Å². The number of hydrogen-bond donors (Lipinski definition) is 1. The van der Waals surface area contributed by atoms with Crippen LogP contribution >= 0.6 is 0 Å². The molecule has 1 aromatic rings. The first kappa shape index (κ1) is 14.1. The number of carbonyl (C=O) groups is 1. The van der Waals surface area contributed by atoms with Gasteiger partial charge in [-0.1, -0.05) is 62.4 Å². The van der Waals surface area contributed by atoms with Gasteiger partial charge in [-0.05, 0) is 24.3 Å². The zero-order valence-corrected chi connectivity index (χ0v) is 11.7. The van der Waals surface area contributed by atoms with Gasteiger partial charge in [0.15, 0.2) is 0 Å². The molecule has 0 unspecified atom stereocenters. The Morgan fingerprint density at radius 3 is 2.58 bits per heavy atom. The van der Waals surface area contributed by atoms with E-state index in [0.29, 0.717) is 13.0 Å². The van der Waals surface area contributed by atoms with Crippen molar-refractivity contribution in [3.05, 3.63) is 35.9 Å². The normalized spacial score (nSPS) is 16.2. The summed E-state index contributed by atoms with van der Waals surface area (Å²) in [7, 11) is 0. The third-order valence-corrected chi connectivity index (χ3v) is 4.07. The summed E-state index contributed by atoms with van der Waals surface area (Å²) in [4.78, 5) is 11.7. The minimum atomic E-state index is 0.194. The Kier molecular flexibility index (Phi) is 5.93. The van der Waals surface area contributed by atoms with Crippen LogP contribution in [-0.4, -0.2) is 5.91 Å². The van der Waals surface area contributed by atoms with Crippen molar-refractivity contribution in [2.75, 3.05) is 0 Å². The van der Waals surface area contributed by atoms with Crippen molar-refractivity contribution in [3.63, 3.8) is 0 Å². The predicted octanol–water partition coefficient (Wildman–Crippen LogP) is 4.05. The van der Waals surface area contributed by atoms with Crippen molar-refractivity contribution in [1.29, 1.82) is 0 Å². The van der Waals surface area contributed by atoms with Gasteiger partial charge in [-0.3, -0.25) is 4.79 Å². The van der Waals surface area contributed by atoms with Crippen molar-refractivity contribution in [1.82, 2.24) is 5.32 Å². The summed E-state index contributed by atoms with van der Waals surface area (Å²) in [5, 5.41) is 3.00. The van der Waals surface area contributed by atoms with Crippen LogP contribution in [0.1, 0.15) is 56.9 Å². The molecule has 19 heavy (non-hydrogen) atoms. The molecule has 2 heteroatoms. The van der Waals surface area contributed by atoms with Crippen molar-refractivity contribution in [2.45, 2.75) is 57.9 Å². The van der Waals surface area contributed by atoms with Crippen molar-refractivity contribution in [2.24, 2.45) is 5.92 Å². The lowest BCUT2D eigenvalue weighted by atomic mass is 9.86. The third kappa shape index (κ3) is 5.46. The molecule has 0 atom stereocenters. The number of amides is 1. The van der Waals surface area contributed by atoms with Gasteiger partial charge < -0.3 is 5.32 Å². The molecule has 1 amide bonds. The van der Waals surface area contributed by atoms with E-state index < -0.39 is 0 Å². The highest BCUT2D eigenvalue weighted by molar-refractivity contribution is 5.75. The highest BCUT2D eigenvalue weighted by Crippen LogP contribution is 2.27. The monoisotopic (exact) mass is 259 g/mol. The van der Waals surface area contributed by atoms with Gasteiger partial charge >= 0.3 is 0 Å². The minimum Gasteiger partial charge on any atom is -0.352 e. The molecule has 1 aliphatic carbocycles. The van der Waals surface area contributed by atoms with Crippen LogP contribution in [0.3, 0.4) is 0 Å². The standard InChI is InChI=1S/C17H25NO/c19-17(18-14-16-10-5-2-6-11-16)13-7-12-15-8-3-1-4-9-15/h2,5-6,10-11,15H,1,3-4,7-9,12-14H2,(H,18,19). The van der Waals surface area contributed by atoms with Gasteiger partial charge in [-0.25, -0.2) is 0 Å². The maximum absolute atomic E-state index is 11.7. The Labute approximate surface area is 116 Å². The van der Waals surface area contributed by atoms with Gasteiger partial charge in [0.25, 0.3) is 0 Å². The molecule has 104 valence electrons. The van der Waals surface area contributed by atoms with Gasteiger partial charge in [-0.2, -0.15) is 0 Å². The minimum absolute atomic E-state index is 0.194. The molecule has 0 bridgehead atoms. The van der Waals surface area contributed by atoms with E-state index >= 15 is 0 Å². The average Bonchev–Trinajstić information content (AvgIpc) is 2.47. The molecular weight excluding hydrogens is 234 g/mol. The molecule has 0 aromatic heterocycles. The van der Waals surface area contributed by atoms with Crippen LogP contribution in [-0.2, 0) is 11.3 Å². The largest absolute Gasteiger partial charge is 0.352 e. The smallest absolute Gasteiger partial charge is 0.220 e. The summed E-state index contributed by atoms with van der Waals surface area (Å²) in [6.07, 6.45) is 9.93. The lowest BCUT2D eigenvalue weighted by Gasteiger charge is -2.21. The van der Waals surface area contributed by atoms with Gasteiger partial charge in [-0.15, -0.1) is 0 Å². The van der Waals surface area contributed by atoms with Gasteiger partial charge in [0.1, 0.15) is 0 Å². The molecule has 2 nitrogen and oxygen atoms in total. The van der Waals surface area contributed by atoms with E-state index in [1.165, 1.54) is 44.1 Å². The highest BCUT2D eigenvalue weighted by Gasteiger charge is 2.13. The maximum Gasteiger partial charge on any atom is 0.220 e. The maximum atomic E-state index is 11.7. The summed E-state index contributed by atoms with van der Waals surface area (Å²) in [5.41, 5.74) is 1.17. The zero-order valence-electron chi connectivity index (χ0n) is 11.7. The van der Waals surface area contributed by atoms with E-state index in [-0.39, 0.29) is 5.91 Å². The van der Waals surface area contributed by atoms with Gasteiger partial charge in [0.2, 0.25) is 5.91 Å². The van der Waals surface area contributed by atoms with Gasteiger partial charge in [0.05, 0.1) is 0 Å². The van der Waals surface area contributed by atoms with Crippen molar-refractivity contribution >= 4 is 5.91 Å². The van der Waals surface area contributed by atoms with E-state index in [9.17, 15) is 4.79 Å². The molecule has 0 heterocycles. The number of hydrogen-bond acceptors (Lipinski definition) is 1. The molecule has 1 fully saturated rings. The summed E-state index contributed by atoms with van der Waals surface area (Å²) < 4.78 is 0. The Hall–Kier alpha value is -1.31. The number of rotatable bonds is 6. The second-order valence-electron chi connectivity index (χ2n) is 5.66. The SMILES string of the molecule is O=C(CCCC1CCCCC1)NCc1ccccc1. The first-order valence-corrected chi connectivity index (χ1v) is 7.65. The fourth-order valence-electron chi connectivity index (χ4n) is 2.91. The van der Waals surface area contributed by atoms with Gasteiger partial charge in [0, 0.05) is 13.0 Å². The summed E-state index contributed by atoms with van der Waals surface area (Å²) >= 11 is 0. The molecule has 0 radical (unpaired) electrons. The lowest BCUT2D eigenvalue weighted by molar-refractivity contribution is -0.121. The van der Waals surface area contributed by atoms with Crippen LogP contribution in [0.25, 0.3) is 0 Å². The predicted molar refractivity (Wildman–Crippen MR) is 78.7 cm³/mol. The Balaban J connectivity index is 1.57. The van der Waals surface area contributed by atoms with E-state index in [0.717, 1.165) is 12.3 Å². The second-order valence-corrected chi connectivity index (χ2v) is 5.66. The fraction of sp³-hybridized carbons (Fsp3) is 0.588. The van der Waals surface area contributed by atoms with E-state index in [4.69, 9.17) is 0 Å². The summed E-state index contributed by atoms with van der Waals surface area (Å²) in [5.74, 6) is 1.08. The van der Waals surface area contributed by atoms with E-state index in [2.05, 4.69) is 5.32 Å². The van der Waals surface area contributed by atoms with E-state index in [1.807, 2.05) is 30.3 Å². The molecule has 1 aromatic carbocycles. The quantitative estimate of drug-likeness (QED) is 0.820. The number of carbonyl (C=O) groups excluding carboxylic acids is 1. The van der Waals surface area contributed by atoms with Crippen LogP contribution in [0.15, 0.2) is 30.3 Å². The fourth-order valence-corrected chi connectivity index (χ4v) is 2.91. The lowest BCUT2D eigenvalue weighted by Crippen LogP contribution is -2.22. The molecule has 0 spiro atoms. The van der Waals surface area contributed by atoms with E-state index in [1.54, 1.807) is 0 Å². The van der Waals surface area contributed by atoms with Crippen LogP contribution in [0, 0.1) is 5.92 Å². The first-order valence-electron chi connectivity index (χ1n) is 7.65. The summed E-state index contributed by atoms with van der Waals surface area (Å²) in [6.45, 7) is 0.656. The number of benzene rings is 1. The molecule has 0 aliphatic heterocycles. The Morgan fingerprint density at radius 2 is 1.84 bits per heavy atom. The Morgan fingerprint density at radius 1 is 1.11 bits per heavy atom. The van der Waals surface area contributed by atoms with Crippen LogP contribution in [0.4, 0.5) is 0 Å². The number of nitrogens with one attached hydrogen (secondary N) is 1. The summed E-state index contributed by atoms with van der Waals surface area (Å²) in [6, 6.07) is 10.1. The first-order chi connectivity index (χ1) is 9.34. The molecule has 0 saturated heterocycles. The van der Waals surface area contributed by atoms with Crippen molar-refractivity contribution in [3.8, 4) is 0 Å².